The lowest BCUT2D eigenvalue weighted by molar-refractivity contribution is -0.114. The number of amides is 1. The van der Waals surface area contributed by atoms with Crippen molar-refractivity contribution in [3.05, 3.63) is 52.5 Å². The molecule has 4 nitrogen and oxygen atoms in total. The maximum atomic E-state index is 12.0. The van der Waals surface area contributed by atoms with E-state index >= 15 is 0 Å². The van der Waals surface area contributed by atoms with Gasteiger partial charge in [0.25, 0.3) is 0 Å². The first-order valence-corrected chi connectivity index (χ1v) is 7.31. The van der Waals surface area contributed by atoms with Gasteiger partial charge in [0, 0.05) is 16.2 Å². The zero-order chi connectivity index (χ0) is 15.2. The molecule has 0 fully saturated rings. The third-order valence-corrected chi connectivity index (χ3v) is 3.58. The van der Waals surface area contributed by atoms with E-state index in [2.05, 4.69) is 26.6 Å². The van der Waals surface area contributed by atoms with E-state index in [4.69, 9.17) is 4.74 Å². The fourth-order valence-electron chi connectivity index (χ4n) is 1.83. The second kappa shape index (κ2) is 7.13. The molecule has 2 rings (SSSR count). The van der Waals surface area contributed by atoms with E-state index in [1.54, 1.807) is 7.11 Å². The Morgan fingerprint density at radius 2 is 2.05 bits per heavy atom. The van der Waals surface area contributed by atoms with Crippen LogP contribution in [0.4, 0.5) is 11.4 Å². The third-order valence-electron chi connectivity index (χ3n) is 2.92. The van der Waals surface area contributed by atoms with Crippen LogP contribution in [0.25, 0.3) is 0 Å². The number of anilines is 2. The summed E-state index contributed by atoms with van der Waals surface area (Å²) < 4.78 is 6.01. The van der Waals surface area contributed by atoms with E-state index < -0.39 is 0 Å². The van der Waals surface area contributed by atoms with Crippen molar-refractivity contribution in [3.8, 4) is 5.75 Å². The van der Waals surface area contributed by atoms with Gasteiger partial charge < -0.3 is 15.4 Å². The molecule has 2 aromatic carbocycles. The van der Waals surface area contributed by atoms with Crippen molar-refractivity contribution in [3.63, 3.8) is 0 Å². The number of nitrogens with one attached hydrogen (secondary N) is 2. The SMILES string of the molecule is COc1cccc(NCC(=O)Nc2ccc(C)cc2Br)c1. The van der Waals surface area contributed by atoms with Gasteiger partial charge >= 0.3 is 0 Å². The zero-order valence-corrected chi connectivity index (χ0v) is 13.5. The van der Waals surface area contributed by atoms with E-state index in [1.165, 1.54) is 0 Å². The summed E-state index contributed by atoms with van der Waals surface area (Å²) in [5.41, 5.74) is 2.74. The molecule has 5 heteroatoms. The molecule has 0 aliphatic heterocycles. The van der Waals surface area contributed by atoms with Gasteiger partial charge in [-0.1, -0.05) is 12.1 Å². The molecule has 0 atom stereocenters. The van der Waals surface area contributed by atoms with Gasteiger partial charge in [-0.25, -0.2) is 0 Å². The topological polar surface area (TPSA) is 50.4 Å². The lowest BCUT2D eigenvalue weighted by atomic mass is 10.2. The van der Waals surface area contributed by atoms with Crippen LogP contribution in [0.3, 0.4) is 0 Å². The number of hydrogen-bond donors (Lipinski definition) is 2. The first-order chi connectivity index (χ1) is 10.1. The van der Waals surface area contributed by atoms with Crippen molar-refractivity contribution in [1.82, 2.24) is 0 Å². The second-order valence-electron chi connectivity index (χ2n) is 4.62. The van der Waals surface area contributed by atoms with Gasteiger partial charge in [-0.2, -0.15) is 0 Å². The van der Waals surface area contributed by atoms with E-state index in [0.717, 1.165) is 27.2 Å². The van der Waals surface area contributed by atoms with Crippen LogP contribution in [0.15, 0.2) is 46.9 Å². The van der Waals surface area contributed by atoms with Crippen molar-refractivity contribution in [2.24, 2.45) is 0 Å². The summed E-state index contributed by atoms with van der Waals surface area (Å²) in [5, 5.41) is 5.92. The summed E-state index contributed by atoms with van der Waals surface area (Å²) in [7, 11) is 1.61. The van der Waals surface area contributed by atoms with Gasteiger partial charge in [0.2, 0.25) is 5.91 Å². The molecule has 0 saturated heterocycles. The van der Waals surface area contributed by atoms with Gasteiger partial charge in [-0.3, -0.25) is 4.79 Å². The van der Waals surface area contributed by atoms with Gasteiger partial charge in [0.05, 0.1) is 19.3 Å². The molecule has 0 unspecified atom stereocenters. The Morgan fingerprint density at radius 3 is 2.76 bits per heavy atom. The monoisotopic (exact) mass is 348 g/mol. The molecule has 0 aliphatic rings. The van der Waals surface area contributed by atoms with Crippen LogP contribution in [0.1, 0.15) is 5.56 Å². The molecule has 0 bridgehead atoms. The minimum atomic E-state index is -0.109. The Labute approximate surface area is 132 Å². The number of carbonyl (C=O) groups is 1. The number of carbonyl (C=O) groups excluding carboxylic acids is 1. The highest BCUT2D eigenvalue weighted by Crippen LogP contribution is 2.23. The molecular weight excluding hydrogens is 332 g/mol. The quantitative estimate of drug-likeness (QED) is 0.863. The Morgan fingerprint density at radius 1 is 1.24 bits per heavy atom. The Balaban J connectivity index is 1.92. The van der Waals surface area contributed by atoms with Crippen LogP contribution in [-0.2, 0) is 4.79 Å². The van der Waals surface area contributed by atoms with Crippen molar-refractivity contribution in [2.75, 3.05) is 24.3 Å². The highest BCUT2D eigenvalue weighted by atomic mass is 79.9. The minimum Gasteiger partial charge on any atom is -0.497 e. The molecule has 1 amide bonds. The molecular formula is C16H17BrN2O2. The summed E-state index contributed by atoms with van der Waals surface area (Å²) in [5.74, 6) is 0.643. The number of methoxy groups -OCH3 is 1. The predicted molar refractivity (Wildman–Crippen MR) is 89.0 cm³/mol. The lowest BCUT2D eigenvalue weighted by Crippen LogP contribution is -2.21. The standard InChI is InChI=1S/C16H17BrN2O2/c1-11-6-7-15(14(17)8-11)19-16(20)10-18-12-4-3-5-13(9-12)21-2/h3-9,18H,10H2,1-2H3,(H,19,20). The molecule has 0 aromatic heterocycles. The normalized spacial score (nSPS) is 10.0. The Hall–Kier alpha value is -2.01. The van der Waals surface area contributed by atoms with E-state index in [9.17, 15) is 4.79 Å². The Bertz CT molecular complexity index is 644. The number of ether oxygens (including phenoxy) is 1. The van der Waals surface area contributed by atoms with E-state index in [1.807, 2.05) is 49.4 Å². The first-order valence-electron chi connectivity index (χ1n) is 6.52. The van der Waals surface area contributed by atoms with Crippen molar-refractivity contribution in [1.29, 1.82) is 0 Å². The maximum Gasteiger partial charge on any atom is 0.243 e. The van der Waals surface area contributed by atoms with E-state index in [-0.39, 0.29) is 12.5 Å². The zero-order valence-electron chi connectivity index (χ0n) is 11.9. The van der Waals surface area contributed by atoms with Gasteiger partial charge in [-0.15, -0.1) is 0 Å². The molecule has 21 heavy (non-hydrogen) atoms. The smallest absolute Gasteiger partial charge is 0.243 e. The summed E-state index contributed by atoms with van der Waals surface area (Å²) in [6.45, 7) is 2.19. The molecule has 2 N–H and O–H groups in total. The molecule has 0 saturated carbocycles. The molecule has 2 aromatic rings. The van der Waals surface area contributed by atoms with Crippen molar-refractivity contribution in [2.45, 2.75) is 6.92 Å². The van der Waals surface area contributed by atoms with Crippen LogP contribution < -0.4 is 15.4 Å². The van der Waals surface area contributed by atoms with Gasteiger partial charge in [0.1, 0.15) is 5.75 Å². The van der Waals surface area contributed by atoms with Gasteiger partial charge in [0.15, 0.2) is 0 Å². The highest BCUT2D eigenvalue weighted by Gasteiger charge is 2.06. The predicted octanol–water partition coefficient (Wildman–Crippen LogP) is 3.82. The van der Waals surface area contributed by atoms with Crippen LogP contribution >= 0.6 is 15.9 Å². The van der Waals surface area contributed by atoms with E-state index in [0.29, 0.717) is 0 Å². The van der Waals surface area contributed by atoms with Crippen LogP contribution in [-0.4, -0.2) is 19.6 Å². The van der Waals surface area contributed by atoms with Crippen LogP contribution in [0, 0.1) is 6.92 Å². The number of hydrogen-bond acceptors (Lipinski definition) is 3. The third kappa shape index (κ3) is 4.49. The summed E-state index contributed by atoms with van der Waals surface area (Å²) in [6, 6.07) is 13.3. The second-order valence-corrected chi connectivity index (χ2v) is 5.47. The van der Waals surface area contributed by atoms with Crippen molar-refractivity contribution >= 4 is 33.2 Å². The molecule has 0 heterocycles. The fraction of sp³-hybridized carbons (Fsp3) is 0.188. The summed E-state index contributed by atoms with van der Waals surface area (Å²) >= 11 is 3.44. The lowest BCUT2D eigenvalue weighted by Gasteiger charge is -2.10. The summed E-state index contributed by atoms with van der Waals surface area (Å²) in [6.07, 6.45) is 0. The average molecular weight is 349 g/mol. The number of halogens is 1. The number of aryl methyl sites for hydroxylation is 1. The largest absolute Gasteiger partial charge is 0.497 e. The van der Waals surface area contributed by atoms with Crippen LogP contribution in [0.5, 0.6) is 5.75 Å². The van der Waals surface area contributed by atoms with Crippen molar-refractivity contribution < 1.29 is 9.53 Å². The van der Waals surface area contributed by atoms with Gasteiger partial charge in [-0.05, 0) is 52.7 Å². The number of benzene rings is 2. The minimum absolute atomic E-state index is 0.109. The Kier molecular flexibility index (Phi) is 5.22. The number of rotatable bonds is 5. The molecule has 110 valence electrons. The first kappa shape index (κ1) is 15.4. The molecule has 0 radical (unpaired) electrons. The summed E-state index contributed by atoms with van der Waals surface area (Å²) in [4.78, 5) is 12.0. The fourth-order valence-corrected chi connectivity index (χ4v) is 2.42. The molecule has 0 spiro atoms. The highest BCUT2D eigenvalue weighted by molar-refractivity contribution is 9.10. The maximum absolute atomic E-state index is 12.0. The molecule has 0 aliphatic carbocycles. The van der Waals surface area contributed by atoms with Crippen LogP contribution in [0.2, 0.25) is 0 Å². The average Bonchev–Trinajstić information content (AvgIpc) is 2.48.